The smallest absolute Gasteiger partial charge is 0.0449 e. The minimum absolute atomic E-state index is 0.559. The minimum Gasteiger partial charge on any atom is -0.398 e. The second-order valence-corrected chi connectivity index (χ2v) is 6.21. The topological polar surface area (TPSA) is 45.4 Å². The van der Waals surface area contributed by atoms with E-state index in [1.807, 2.05) is 19.2 Å². The molecular formula is C17H24N4. The molecule has 0 amide bonds. The first-order chi connectivity index (χ1) is 10.1. The zero-order valence-electron chi connectivity index (χ0n) is 13.1. The monoisotopic (exact) mass is 284 g/mol. The van der Waals surface area contributed by atoms with E-state index in [0.29, 0.717) is 6.04 Å². The summed E-state index contributed by atoms with van der Waals surface area (Å²) in [5.74, 6) is 0. The van der Waals surface area contributed by atoms with Gasteiger partial charge in [0.05, 0.1) is 0 Å². The van der Waals surface area contributed by atoms with Gasteiger partial charge in [-0.1, -0.05) is 0 Å². The molecule has 3 rings (SSSR count). The van der Waals surface area contributed by atoms with Gasteiger partial charge < -0.3 is 15.5 Å². The first kappa shape index (κ1) is 14.1. The van der Waals surface area contributed by atoms with E-state index >= 15 is 0 Å². The number of nitrogen functional groups attached to an aromatic ring is 1. The highest BCUT2D eigenvalue weighted by atomic mass is 15.2. The van der Waals surface area contributed by atoms with Crippen LogP contribution < -0.4 is 10.6 Å². The Morgan fingerprint density at radius 2 is 2.14 bits per heavy atom. The van der Waals surface area contributed by atoms with E-state index in [2.05, 4.69) is 41.0 Å². The standard InChI is InChI=1S/C17H24N4/c1-12-9-14-15(10-19-12)16(18)6-7-17(14)21(3)13-5-4-8-20(2)11-13/h6-7,9-10,13H,4-5,8,11,18H2,1-3H3. The maximum atomic E-state index is 6.11. The zero-order valence-corrected chi connectivity index (χ0v) is 13.1. The largest absolute Gasteiger partial charge is 0.398 e. The Bertz CT molecular complexity index is 653. The van der Waals surface area contributed by atoms with Gasteiger partial charge in [-0.3, -0.25) is 4.98 Å². The summed E-state index contributed by atoms with van der Waals surface area (Å²) in [4.78, 5) is 9.21. The van der Waals surface area contributed by atoms with Gasteiger partial charge in [0.2, 0.25) is 0 Å². The third-order valence-electron chi connectivity index (χ3n) is 4.58. The summed E-state index contributed by atoms with van der Waals surface area (Å²) in [6, 6.07) is 6.84. The van der Waals surface area contributed by atoms with Crippen LogP contribution in [-0.4, -0.2) is 43.1 Å². The molecule has 1 saturated heterocycles. The molecule has 4 heteroatoms. The maximum absolute atomic E-state index is 6.11. The predicted octanol–water partition coefficient (Wildman–Crippen LogP) is 2.66. The lowest BCUT2D eigenvalue weighted by Crippen LogP contribution is -2.45. The number of rotatable bonds is 2. The number of hydrogen-bond donors (Lipinski definition) is 1. The highest BCUT2D eigenvalue weighted by molar-refractivity contribution is 6.01. The Morgan fingerprint density at radius 3 is 2.90 bits per heavy atom. The summed E-state index contributed by atoms with van der Waals surface area (Å²) in [7, 11) is 4.40. The van der Waals surface area contributed by atoms with Gasteiger partial charge in [-0.15, -0.1) is 0 Å². The van der Waals surface area contributed by atoms with Crippen molar-refractivity contribution >= 4 is 22.1 Å². The van der Waals surface area contributed by atoms with E-state index in [1.165, 1.54) is 30.5 Å². The Labute approximate surface area is 126 Å². The Hall–Kier alpha value is -1.81. The second-order valence-electron chi connectivity index (χ2n) is 6.21. The quantitative estimate of drug-likeness (QED) is 0.861. The minimum atomic E-state index is 0.559. The summed E-state index contributed by atoms with van der Waals surface area (Å²) < 4.78 is 0. The van der Waals surface area contributed by atoms with Gasteiger partial charge in [0.15, 0.2) is 0 Å². The molecule has 1 unspecified atom stereocenters. The third-order valence-corrected chi connectivity index (χ3v) is 4.58. The van der Waals surface area contributed by atoms with Crippen LogP contribution in [0.15, 0.2) is 24.4 Å². The normalized spacial score (nSPS) is 19.9. The number of piperidine rings is 1. The SMILES string of the molecule is Cc1cc2c(N(C)C3CCCN(C)C3)ccc(N)c2cn1. The fourth-order valence-electron chi connectivity index (χ4n) is 3.31. The molecule has 1 aliphatic heterocycles. The summed E-state index contributed by atoms with van der Waals surface area (Å²) >= 11 is 0. The summed E-state index contributed by atoms with van der Waals surface area (Å²) in [5, 5.41) is 2.26. The molecule has 1 aromatic carbocycles. The number of nitrogens with zero attached hydrogens (tertiary/aromatic N) is 3. The van der Waals surface area contributed by atoms with Crippen LogP contribution in [-0.2, 0) is 0 Å². The lowest BCUT2D eigenvalue weighted by Gasteiger charge is -2.37. The Kier molecular flexibility index (Phi) is 3.72. The van der Waals surface area contributed by atoms with Gasteiger partial charge in [0.25, 0.3) is 0 Å². The number of benzene rings is 1. The van der Waals surface area contributed by atoms with Crippen molar-refractivity contribution in [3.8, 4) is 0 Å². The Balaban J connectivity index is 2.03. The molecule has 4 nitrogen and oxygen atoms in total. The third kappa shape index (κ3) is 2.68. The number of aryl methyl sites for hydroxylation is 1. The van der Waals surface area contributed by atoms with Crippen LogP contribution >= 0.6 is 0 Å². The number of aromatic nitrogens is 1. The molecule has 0 aliphatic carbocycles. The van der Waals surface area contributed by atoms with Crippen LogP contribution in [0.3, 0.4) is 0 Å². The number of nitrogens with two attached hydrogens (primary N) is 1. The van der Waals surface area contributed by atoms with Gasteiger partial charge in [-0.05, 0) is 51.6 Å². The van der Waals surface area contributed by atoms with Crippen molar-refractivity contribution in [2.24, 2.45) is 0 Å². The van der Waals surface area contributed by atoms with Crippen molar-refractivity contribution in [2.75, 3.05) is 37.8 Å². The molecule has 0 bridgehead atoms. The molecule has 0 saturated carbocycles. The van der Waals surface area contributed by atoms with E-state index in [1.54, 1.807) is 0 Å². The molecular weight excluding hydrogens is 260 g/mol. The fraction of sp³-hybridized carbons (Fsp3) is 0.471. The lowest BCUT2D eigenvalue weighted by molar-refractivity contribution is 0.248. The molecule has 1 atom stereocenters. The maximum Gasteiger partial charge on any atom is 0.0449 e. The highest BCUT2D eigenvalue weighted by Gasteiger charge is 2.22. The lowest BCUT2D eigenvalue weighted by atomic mass is 10.0. The molecule has 0 spiro atoms. The highest BCUT2D eigenvalue weighted by Crippen LogP contribution is 2.32. The average Bonchev–Trinajstić information content (AvgIpc) is 2.47. The number of pyridine rings is 1. The number of fused-ring (bicyclic) bond motifs is 1. The molecule has 2 N–H and O–H groups in total. The fourth-order valence-corrected chi connectivity index (χ4v) is 3.31. The van der Waals surface area contributed by atoms with Crippen molar-refractivity contribution in [2.45, 2.75) is 25.8 Å². The van der Waals surface area contributed by atoms with E-state index in [9.17, 15) is 0 Å². The van der Waals surface area contributed by atoms with Crippen LogP contribution in [0.25, 0.3) is 10.8 Å². The van der Waals surface area contributed by atoms with Crippen molar-refractivity contribution in [3.63, 3.8) is 0 Å². The number of hydrogen-bond acceptors (Lipinski definition) is 4. The van der Waals surface area contributed by atoms with Gasteiger partial charge in [-0.2, -0.15) is 0 Å². The van der Waals surface area contributed by atoms with Crippen LogP contribution in [0.5, 0.6) is 0 Å². The molecule has 2 aromatic rings. The average molecular weight is 284 g/mol. The van der Waals surface area contributed by atoms with Crippen LogP contribution in [0.1, 0.15) is 18.5 Å². The van der Waals surface area contributed by atoms with Crippen LogP contribution in [0, 0.1) is 6.92 Å². The zero-order chi connectivity index (χ0) is 15.0. The molecule has 1 fully saturated rings. The molecule has 21 heavy (non-hydrogen) atoms. The van der Waals surface area contributed by atoms with Gasteiger partial charge in [-0.25, -0.2) is 0 Å². The molecule has 0 radical (unpaired) electrons. The van der Waals surface area contributed by atoms with Crippen molar-refractivity contribution in [1.29, 1.82) is 0 Å². The van der Waals surface area contributed by atoms with E-state index < -0.39 is 0 Å². The molecule has 112 valence electrons. The second kappa shape index (κ2) is 5.53. The van der Waals surface area contributed by atoms with E-state index in [0.717, 1.165) is 23.3 Å². The van der Waals surface area contributed by atoms with Crippen molar-refractivity contribution in [3.05, 3.63) is 30.1 Å². The summed E-state index contributed by atoms with van der Waals surface area (Å²) in [6.45, 7) is 4.35. The first-order valence-corrected chi connectivity index (χ1v) is 7.62. The first-order valence-electron chi connectivity index (χ1n) is 7.62. The summed E-state index contributed by atoms with van der Waals surface area (Å²) in [6.07, 6.45) is 4.40. The van der Waals surface area contributed by atoms with E-state index in [-0.39, 0.29) is 0 Å². The predicted molar refractivity (Wildman–Crippen MR) is 89.8 cm³/mol. The molecule has 1 aromatic heterocycles. The van der Waals surface area contributed by atoms with Crippen LogP contribution in [0.4, 0.5) is 11.4 Å². The van der Waals surface area contributed by atoms with Crippen LogP contribution in [0.2, 0.25) is 0 Å². The molecule has 1 aliphatic rings. The Morgan fingerprint density at radius 1 is 1.33 bits per heavy atom. The number of likely N-dealkylation sites (tertiary alicyclic amines) is 1. The van der Waals surface area contributed by atoms with E-state index in [4.69, 9.17) is 5.73 Å². The van der Waals surface area contributed by atoms with Gasteiger partial charge in [0, 0.05) is 53.7 Å². The number of likely N-dealkylation sites (N-methyl/N-ethyl adjacent to an activating group) is 2. The van der Waals surface area contributed by atoms with Crippen molar-refractivity contribution in [1.82, 2.24) is 9.88 Å². The molecule has 2 heterocycles. The van der Waals surface area contributed by atoms with Crippen molar-refractivity contribution < 1.29 is 0 Å². The summed E-state index contributed by atoms with van der Waals surface area (Å²) in [5.41, 5.74) is 9.20. The van der Waals surface area contributed by atoms with Gasteiger partial charge in [0.1, 0.15) is 0 Å². The number of anilines is 2. The van der Waals surface area contributed by atoms with Gasteiger partial charge >= 0.3 is 0 Å².